The predicted molar refractivity (Wildman–Crippen MR) is 69.4 cm³/mol. The van der Waals surface area contributed by atoms with Gasteiger partial charge in [0.15, 0.2) is 5.78 Å². The smallest absolute Gasteiger partial charge is 0.193 e. The molecule has 0 saturated carbocycles. The maximum Gasteiger partial charge on any atom is 0.193 e. The van der Waals surface area contributed by atoms with E-state index < -0.39 is 0 Å². The Morgan fingerprint density at radius 3 is 2.29 bits per heavy atom. The van der Waals surface area contributed by atoms with Crippen molar-refractivity contribution < 1.29 is 9.59 Å². The van der Waals surface area contributed by atoms with Gasteiger partial charge in [-0.2, -0.15) is 0 Å². The van der Waals surface area contributed by atoms with E-state index in [1.165, 1.54) is 0 Å². The Morgan fingerprint density at radius 1 is 1.00 bits per heavy atom. The zero-order valence-electron chi connectivity index (χ0n) is 8.89. The molecule has 3 heteroatoms. The Balaban J connectivity index is 2.33. The Labute approximate surface area is 107 Å². The summed E-state index contributed by atoms with van der Waals surface area (Å²) in [5.74, 6) is -0.0521. The zero-order chi connectivity index (χ0) is 12.3. The normalized spacial score (nSPS) is 9.94. The molecule has 0 aliphatic heterocycles. The molecule has 0 radical (unpaired) electrons. The molecular weight excluding hydrogens is 280 g/mol. The minimum atomic E-state index is -0.0521. The first-order valence-corrected chi connectivity index (χ1v) is 5.85. The van der Waals surface area contributed by atoms with E-state index in [-0.39, 0.29) is 5.78 Å². The summed E-state index contributed by atoms with van der Waals surface area (Å²) in [6, 6.07) is 13.8. The monoisotopic (exact) mass is 288 g/mol. The molecule has 0 aliphatic carbocycles. The van der Waals surface area contributed by atoms with Crippen LogP contribution in [0.4, 0.5) is 0 Å². The number of rotatable bonds is 3. The van der Waals surface area contributed by atoms with Crippen LogP contribution in [-0.4, -0.2) is 12.1 Å². The molecule has 0 unspecified atom stereocenters. The van der Waals surface area contributed by atoms with E-state index in [4.69, 9.17) is 0 Å². The molecule has 0 heterocycles. The first kappa shape index (κ1) is 11.7. The number of hydrogen-bond donors (Lipinski definition) is 0. The topological polar surface area (TPSA) is 34.1 Å². The predicted octanol–water partition coefficient (Wildman–Crippen LogP) is 3.49. The fourth-order valence-corrected chi connectivity index (χ4v) is 1.91. The second kappa shape index (κ2) is 5.06. The minimum Gasteiger partial charge on any atom is -0.298 e. The van der Waals surface area contributed by atoms with Crippen LogP contribution in [0, 0.1) is 0 Å². The number of aldehydes is 1. The molecule has 2 aromatic carbocycles. The van der Waals surface area contributed by atoms with E-state index in [1.807, 2.05) is 12.1 Å². The molecule has 0 spiro atoms. The summed E-state index contributed by atoms with van der Waals surface area (Å²) >= 11 is 3.33. The highest BCUT2D eigenvalue weighted by molar-refractivity contribution is 9.10. The van der Waals surface area contributed by atoms with Crippen molar-refractivity contribution in [1.82, 2.24) is 0 Å². The fourth-order valence-electron chi connectivity index (χ4n) is 1.51. The molecule has 84 valence electrons. The van der Waals surface area contributed by atoms with E-state index in [1.54, 1.807) is 36.4 Å². The highest BCUT2D eigenvalue weighted by Gasteiger charge is 2.08. The van der Waals surface area contributed by atoms with Crippen LogP contribution in [0.5, 0.6) is 0 Å². The molecule has 0 aromatic heterocycles. The van der Waals surface area contributed by atoms with Crippen LogP contribution in [0.25, 0.3) is 0 Å². The van der Waals surface area contributed by atoms with Crippen LogP contribution in [0.3, 0.4) is 0 Å². The van der Waals surface area contributed by atoms with Gasteiger partial charge >= 0.3 is 0 Å². The Kier molecular flexibility index (Phi) is 3.49. The van der Waals surface area contributed by atoms with Gasteiger partial charge in [0.25, 0.3) is 0 Å². The number of carbonyl (C=O) groups is 2. The first-order valence-electron chi connectivity index (χ1n) is 5.06. The van der Waals surface area contributed by atoms with Crippen LogP contribution in [0.15, 0.2) is 53.0 Å². The quantitative estimate of drug-likeness (QED) is 0.640. The van der Waals surface area contributed by atoms with Crippen LogP contribution < -0.4 is 0 Å². The molecule has 0 saturated heterocycles. The van der Waals surface area contributed by atoms with Gasteiger partial charge in [0.1, 0.15) is 6.29 Å². The lowest BCUT2D eigenvalue weighted by Crippen LogP contribution is -2.01. The molecule has 0 aliphatic rings. The SMILES string of the molecule is O=Cc1ccc(C(=O)c2cccc(Br)c2)cc1. The van der Waals surface area contributed by atoms with Gasteiger partial charge in [-0.1, -0.05) is 52.3 Å². The van der Waals surface area contributed by atoms with Crippen molar-refractivity contribution >= 4 is 28.0 Å². The van der Waals surface area contributed by atoms with Gasteiger partial charge in [-0.05, 0) is 12.1 Å². The molecule has 0 atom stereocenters. The lowest BCUT2D eigenvalue weighted by Gasteiger charge is -2.02. The maximum atomic E-state index is 12.1. The molecular formula is C14H9BrO2. The highest BCUT2D eigenvalue weighted by atomic mass is 79.9. The summed E-state index contributed by atoms with van der Waals surface area (Å²) in [6.45, 7) is 0. The third-order valence-electron chi connectivity index (χ3n) is 2.40. The average Bonchev–Trinajstić information content (AvgIpc) is 2.38. The number of halogens is 1. The molecule has 17 heavy (non-hydrogen) atoms. The Hall–Kier alpha value is -1.74. The van der Waals surface area contributed by atoms with Gasteiger partial charge in [-0.15, -0.1) is 0 Å². The zero-order valence-corrected chi connectivity index (χ0v) is 10.5. The standard InChI is InChI=1S/C14H9BrO2/c15-13-3-1-2-12(8-13)14(17)11-6-4-10(9-16)5-7-11/h1-9H. The molecule has 0 bridgehead atoms. The largest absolute Gasteiger partial charge is 0.298 e. The van der Waals surface area contributed by atoms with Gasteiger partial charge in [0.2, 0.25) is 0 Å². The van der Waals surface area contributed by atoms with Crippen molar-refractivity contribution in [3.63, 3.8) is 0 Å². The first-order chi connectivity index (χ1) is 8.20. The van der Waals surface area contributed by atoms with Crippen molar-refractivity contribution in [2.45, 2.75) is 0 Å². The molecule has 2 rings (SSSR count). The van der Waals surface area contributed by atoms with Crippen molar-refractivity contribution in [1.29, 1.82) is 0 Å². The summed E-state index contributed by atoms with van der Waals surface area (Å²) in [4.78, 5) is 22.6. The molecule has 0 N–H and O–H groups in total. The fraction of sp³-hybridized carbons (Fsp3) is 0. The van der Waals surface area contributed by atoms with Gasteiger partial charge in [0.05, 0.1) is 0 Å². The van der Waals surface area contributed by atoms with E-state index in [0.717, 1.165) is 10.8 Å². The summed E-state index contributed by atoms with van der Waals surface area (Å²) < 4.78 is 0.868. The third-order valence-corrected chi connectivity index (χ3v) is 2.89. The van der Waals surface area contributed by atoms with E-state index in [0.29, 0.717) is 16.7 Å². The van der Waals surface area contributed by atoms with Crippen molar-refractivity contribution in [3.8, 4) is 0 Å². The second-order valence-corrected chi connectivity index (χ2v) is 4.50. The second-order valence-electron chi connectivity index (χ2n) is 3.58. The lowest BCUT2D eigenvalue weighted by molar-refractivity contribution is 0.103. The van der Waals surface area contributed by atoms with Crippen molar-refractivity contribution in [3.05, 3.63) is 69.7 Å². The molecule has 0 amide bonds. The molecule has 2 nitrogen and oxygen atoms in total. The lowest BCUT2D eigenvalue weighted by atomic mass is 10.0. The Bertz CT molecular complexity index is 559. The van der Waals surface area contributed by atoms with Crippen molar-refractivity contribution in [2.24, 2.45) is 0 Å². The van der Waals surface area contributed by atoms with E-state index in [9.17, 15) is 9.59 Å². The number of benzene rings is 2. The maximum absolute atomic E-state index is 12.1. The number of ketones is 1. The number of hydrogen-bond acceptors (Lipinski definition) is 2. The van der Waals surface area contributed by atoms with E-state index >= 15 is 0 Å². The van der Waals surface area contributed by atoms with Crippen LogP contribution in [0.2, 0.25) is 0 Å². The molecule has 2 aromatic rings. The van der Waals surface area contributed by atoms with Crippen molar-refractivity contribution in [2.75, 3.05) is 0 Å². The van der Waals surface area contributed by atoms with Gasteiger partial charge in [0, 0.05) is 21.2 Å². The van der Waals surface area contributed by atoms with Gasteiger partial charge in [-0.3, -0.25) is 9.59 Å². The third kappa shape index (κ3) is 2.68. The summed E-state index contributed by atoms with van der Waals surface area (Å²) in [5.41, 5.74) is 1.77. The minimum absolute atomic E-state index is 0.0521. The van der Waals surface area contributed by atoms with Crippen LogP contribution in [-0.2, 0) is 0 Å². The summed E-state index contributed by atoms with van der Waals surface area (Å²) in [7, 11) is 0. The Morgan fingerprint density at radius 2 is 1.71 bits per heavy atom. The van der Waals surface area contributed by atoms with Crippen LogP contribution >= 0.6 is 15.9 Å². The molecule has 0 fully saturated rings. The van der Waals surface area contributed by atoms with Gasteiger partial charge < -0.3 is 0 Å². The summed E-state index contributed by atoms with van der Waals surface area (Å²) in [6.07, 6.45) is 0.757. The van der Waals surface area contributed by atoms with E-state index in [2.05, 4.69) is 15.9 Å². The number of carbonyl (C=O) groups excluding carboxylic acids is 2. The average molecular weight is 289 g/mol. The summed E-state index contributed by atoms with van der Waals surface area (Å²) in [5, 5.41) is 0. The van der Waals surface area contributed by atoms with Crippen LogP contribution in [0.1, 0.15) is 26.3 Å². The highest BCUT2D eigenvalue weighted by Crippen LogP contribution is 2.15. The van der Waals surface area contributed by atoms with Gasteiger partial charge in [-0.25, -0.2) is 0 Å².